The number of phenolic OH excluding ortho intramolecular Hbond substituents is 2. The van der Waals surface area contributed by atoms with Gasteiger partial charge < -0.3 is 19.7 Å². The smallest absolute Gasteiger partial charge is 0.505 e. The summed E-state index contributed by atoms with van der Waals surface area (Å²) in [5.74, 6) is -12.2. The molecule has 23 heteroatoms. The summed E-state index contributed by atoms with van der Waals surface area (Å²) >= 11 is 17.2. The number of rotatable bonds is 7. The van der Waals surface area contributed by atoms with Crippen molar-refractivity contribution < 1.29 is 65.2 Å². The molecule has 0 aliphatic heterocycles. The second kappa shape index (κ2) is 21.6. The molecular formula is C50H29Cl3F6N6O8. The quantitative estimate of drug-likeness (QED) is 0.0660. The van der Waals surface area contributed by atoms with Crippen LogP contribution in [0.1, 0.15) is 68.5 Å². The van der Waals surface area contributed by atoms with E-state index in [1.165, 1.54) is 73.2 Å². The Morgan fingerprint density at radius 2 is 0.795 bits per heavy atom. The number of halogens is 9. The van der Waals surface area contributed by atoms with Gasteiger partial charge in [-0.25, -0.2) is 46.1 Å². The molecule has 0 fully saturated rings. The first-order valence-electron chi connectivity index (χ1n) is 20.6. The van der Waals surface area contributed by atoms with Crippen LogP contribution in [0, 0.1) is 34.9 Å². The number of ketones is 3. The fourth-order valence-corrected chi connectivity index (χ4v) is 6.92. The third kappa shape index (κ3) is 12.1. The molecule has 0 atom stereocenters. The standard InChI is InChI=1S/C20H15ClF2N2O4.2C15H7ClF2N2O2/c1-20(2,3)29-19(27)28-14-7-5-11(22)16(17(14)23)18(26)10-4-6-12-13(8-10)25-15(21)9-24-12;2*16-12-6-19-9-3-1-7(5-10(9)20-12)15(22)13-8(17)2-4-11(21)14(13)18/h4-9H,1-3H3;2*1-6,21H. The Morgan fingerprint density at radius 1 is 0.466 bits per heavy atom. The molecule has 3 heterocycles. The molecular weight excluding hydrogens is 1030 g/mol. The van der Waals surface area contributed by atoms with E-state index in [0.29, 0.717) is 27.6 Å². The highest BCUT2D eigenvalue weighted by Gasteiger charge is 2.27. The number of carbonyl (C=O) groups is 4. The van der Waals surface area contributed by atoms with E-state index in [2.05, 4.69) is 29.9 Å². The highest BCUT2D eigenvalue weighted by atomic mass is 35.5. The van der Waals surface area contributed by atoms with E-state index in [-0.39, 0.29) is 37.7 Å². The number of phenols is 2. The zero-order valence-electron chi connectivity index (χ0n) is 37.3. The van der Waals surface area contributed by atoms with Crippen LogP contribution in [0.25, 0.3) is 33.1 Å². The maximum Gasteiger partial charge on any atom is 0.514 e. The molecule has 0 amide bonds. The largest absolute Gasteiger partial charge is 0.514 e. The molecule has 0 aliphatic carbocycles. The van der Waals surface area contributed by atoms with Crippen LogP contribution in [-0.2, 0) is 4.74 Å². The molecule has 2 N–H and O–H groups in total. The Labute approximate surface area is 421 Å². The summed E-state index contributed by atoms with van der Waals surface area (Å²) in [6.07, 6.45) is 2.85. The molecule has 3 aromatic heterocycles. The fourth-order valence-electron chi connectivity index (χ4n) is 6.50. The first-order chi connectivity index (χ1) is 34.5. The molecule has 0 saturated heterocycles. The van der Waals surface area contributed by atoms with Gasteiger partial charge in [-0.3, -0.25) is 29.3 Å². The van der Waals surface area contributed by atoms with Gasteiger partial charge in [0.25, 0.3) is 0 Å². The van der Waals surface area contributed by atoms with E-state index in [1.54, 1.807) is 20.8 Å². The van der Waals surface area contributed by atoms with Crippen LogP contribution in [0.4, 0.5) is 31.1 Å². The van der Waals surface area contributed by atoms with Gasteiger partial charge in [0.1, 0.15) is 38.5 Å². The van der Waals surface area contributed by atoms with Crippen molar-refractivity contribution in [1.82, 2.24) is 29.9 Å². The predicted octanol–water partition coefficient (Wildman–Crippen LogP) is 12.1. The number of nitrogens with zero attached hydrogens (tertiary/aromatic N) is 6. The van der Waals surface area contributed by atoms with Gasteiger partial charge in [0.05, 0.1) is 68.4 Å². The van der Waals surface area contributed by atoms with Crippen molar-refractivity contribution >= 4 is 91.4 Å². The van der Waals surface area contributed by atoms with E-state index >= 15 is 0 Å². The lowest BCUT2D eigenvalue weighted by Gasteiger charge is -2.19. The first kappa shape index (κ1) is 52.5. The number of aromatic nitrogens is 6. The third-order valence-corrected chi connectivity index (χ3v) is 10.3. The van der Waals surface area contributed by atoms with Crippen molar-refractivity contribution in [2.24, 2.45) is 0 Å². The summed E-state index contributed by atoms with van der Waals surface area (Å²) in [5, 5.41) is 19.0. The number of carbonyl (C=O) groups excluding carboxylic acids is 4. The van der Waals surface area contributed by atoms with Crippen LogP contribution in [0.15, 0.2) is 110 Å². The van der Waals surface area contributed by atoms with Crippen LogP contribution >= 0.6 is 34.8 Å². The summed E-state index contributed by atoms with van der Waals surface area (Å²) in [6.45, 7) is 4.79. The lowest BCUT2D eigenvalue weighted by atomic mass is 10.0. The number of hydrogen-bond acceptors (Lipinski definition) is 14. The summed E-state index contributed by atoms with van der Waals surface area (Å²) in [5.41, 5.74) is -1.08. The molecule has 370 valence electrons. The number of aromatic hydroxyl groups is 2. The van der Waals surface area contributed by atoms with E-state index in [4.69, 9.17) is 44.3 Å². The van der Waals surface area contributed by atoms with Crippen LogP contribution in [0.3, 0.4) is 0 Å². The van der Waals surface area contributed by atoms with Gasteiger partial charge in [0, 0.05) is 16.7 Å². The molecule has 73 heavy (non-hydrogen) atoms. The van der Waals surface area contributed by atoms with Gasteiger partial charge in [-0.1, -0.05) is 34.8 Å². The third-order valence-electron chi connectivity index (χ3n) is 9.79. The number of hydrogen-bond donors (Lipinski definition) is 2. The highest BCUT2D eigenvalue weighted by molar-refractivity contribution is 6.30. The molecule has 0 spiro atoms. The minimum atomic E-state index is -1.32. The Kier molecular flexibility index (Phi) is 15.5. The Bertz CT molecular complexity index is 3570. The molecule has 0 unspecified atom stereocenters. The van der Waals surface area contributed by atoms with Gasteiger partial charge in [0.15, 0.2) is 52.0 Å². The van der Waals surface area contributed by atoms with Crippen LogP contribution in [0.5, 0.6) is 17.2 Å². The normalized spacial score (nSPS) is 11.1. The van der Waals surface area contributed by atoms with Gasteiger partial charge >= 0.3 is 6.16 Å². The Morgan fingerprint density at radius 3 is 1.14 bits per heavy atom. The topological polar surface area (TPSA) is 205 Å². The number of ether oxygens (including phenoxy) is 2. The molecule has 0 radical (unpaired) electrons. The second-order valence-electron chi connectivity index (χ2n) is 16.0. The molecule has 14 nitrogen and oxygen atoms in total. The number of fused-ring (bicyclic) bond motifs is 3. The van der Waals surface area contributed by atoms with E-state index in [0.717, 1.165) is 36.4 Å². The van der Waals surface area contributed by atoms with Crippen LogP contribution in [-0.4, -0.2) is 69.2 Å². The Balaban J connectivity index is 0.000000163. The van der Waals surface area contributed by atoms with Gasteiger partial charge in [-0.15, -0.1) is 0 Å². The molecule has 9 aromatic rings. The SMILES string of the molecule is CC(C)(C)OC(=O)Oc1ccc(F)c(C(=O)c2ccc3ncc(Cl)nc3c2)c1F.O=C(c1ccc2ncc(Cl)nc2c1)c1c(F)ccc(O)c1F.O=C(c1ccc2ncc(Cl)nc2c1)c1c(F)ccc(O)c1F. The zero-order chi connectivity index (χ0) is 53.1. The number of benzene rings is 6. The van der Waals surface area contributed by atoms with E-state index in [1.807, 2.05) is 0 Å². The molecule has 0 bridgehead atoms. The van der Waals surface area contributed by atoms with E-state index < -0.39 is 97.9 Å². The molecule has 6 aromatic carbocycles. The van der Waals surface area contributed by atoms with E-state index in [9.17, 15) is 55.7 Å². The second-order valence-corrected chi connectivity index (χ2v) is 17.1. The molecule has 0 saturated carbocycles. The average molecular weight is 1060 g/mol. The lowest BCUT2D eigenvalue weighted by molar-refractivity contribution is 0.0197. The predicted molar refractivity (Wildman–Crippen MR) is 253 cm³/mol. The van der Waals surface area contributed by atoms with Crippen molar-refractivity contribution in [1.29, 1.82) is 0 Å². The van der Waals surface area contributed by atoms with Gasteiger partial charge in [-0.05, 0) is 112 Å². The summed E-state index contributed by atoms with van der Waals surface area (Å²) in [7, 11) is 0. The Hall–Kier alpha value is -8.33. The monoisotopic (exact) mass is 1060 g/mol. The first-order valence-corrected chi connectivity index (χ1v) is 21.8. The minimum Gasteiger partial charge on any atom is -0.505 e. The van der Waals surface area contributed by atoms with Crippen molar-refractivity contribution in [3.8, 4) is 17.2 Å². The van der Waals surface area contributed by atoms with Crippen molar-refractivity contribution in [2.75, 3.05) is 0 Å². The average Bonchev–Trinajstić information content (AvgIpc) is 3.34. The minimum absolute atomic E-state index is 0.00691. The maximum atomic E-state index is 14.8. The highest BCUT2D eigenvalue weighted by Crippen LogP contribution is 2.30. The molecule has 9 rings (SSSR count). The van der Waals surface area contributed by atoms with Gasteiger partial charge in [0.2, 0.25) is 0 Å². The van der Waals surface area contributed by atoms with Crippen molar-refractivity contribution in [3.63, 3.8) is 0 Å². The van der Waals surface area contributed by atoms with Crippen molar-refractivity contribution in [3.05, 3.63) is 193 Å². The summed E-state index contributed by atoms with van der Waals surface area (Å²) in [4.78, 5) is 73.2. The van der Waals surface area contributed by atoms with Crippen LogP contribution in [0.2, 0.25) is 15.5 Å². The van der Waals surface area contributed by atoms with Crippen molar-refractivity contribution in [2.45, 2.75) is 26.4 Å². The van der Waals surface area contributed by atoms with Crippen LogP contribution < -0.4 is 4.74 Å². The zero-order valence-corrected chi connectivity index (χ0v) is 39.6. The molecule has 0 aliphatic rings. The fraction of sp³-hybridized carbons (Fsp3) is 0.0800. The van der Waals surface area contributed by atoms with Gasteiger partial charge in [-0.2, -0.15) is 0 Å². The summed E-state index contributed by atoms with van der Waals surface area (Å²) < 4.78 is 93.9. The summed E-state index contributed by atoms with van der Waals surface area (Å²) in [6, 6.07) is 17.6. The maximum absolute atomic E-state index is 14.8. The lowest BCUT2D eigenvalue weighted by Crippen LogP contribution is -2.26.